The molecule has 1 aromatic carbocycles. The van der Waals surface area contributed by atoms with Gasteiger partial charge in [0.05, 0.1) is 11.8 Å². The molecule has 1 aliphatic heterocycles. The van der Waals surface area contributed by atoms with Gasteiger partial charge >= 0.3 is 5.97 Å². The first-order chi connectivity index (χ1) is 14.7. The Balaban J connectivity index is 1.42. The summed E-state index contributed by atoms with van der Waals surface area (Å²) >= 11 is 5.96. The second-order valence-electron chi connectivity index (χ2n) is 9.24. The number of likely N-dealkylation sites (tertiary alicyclic amines) is 1. The lowest BCUT2D eigenvalue weighted by Crippen LogP contribution is -2.50. The van der Waals surface area contributed by atoms with Crippen molar-refractivity contribution < 1.29 is 23.9 Å². The number of benzene rings is 1. The third-order valence-electron chi connectivity index (χ3n) is 6.93. The summed E-state index contributed by atoms with van der Waals surface area (Å²) in [6.45, 7) is 4.85. The lowest BCUT2D eigenvalue weighted by molar-refractivity contribution is -0.162. The van der Waals surface area contributed by atoms with E-state index in [-0.39, 0.29) is 41.4 Å². The summed E-state index contributed by atoms with van der Waals surface area (Å²) in [6.07, 6.45) is 2.87. The minimum absolute atomic E-state index is 0.243. The first-order valence-electron chi connectivity index (χ1n) is 10.8. The minimum atomic E-state index is -1.02. The number of nitrogens with one attached hydrogen (secondary N) is 1. The Hall–Kier alpha value is -2.41. The van der Waals surface area contributed by atoms with Gasteiger partial charge in [-0.05, 0) is 61.6 Å². The Kier molecular flexibility index (Phi) is 5.81. The van der Waals surface area contributed by atoms with Crippen LogP contribution in [0.15, 0.2) is 18.2 Å². The predicted octanol–water partition coefficient (Wildman–Crippen LogP) is 3.19. The number of carbonyl (C=O) groups excluding carboxylic acids is 4. The number of imide groups is 1. The van der Waals surface area contributed by atoms with Gasteiger partial charge in [0.1, 0.15) is 6.04 Å². The van der Waals surface area contributed by atoms with Crippen LogP contribution in [0.3, 0.4) is 0 Å². The summed E-state index contributed by atoms with van der Waals surface area (Å²) in [5, 5.41) is 3.14. The molecule has 0 radical (unpaired) electrons. The van der Waals surface area contributed by atoms with Crippen molar-refractivity contribution in [2.45, 2.75) is 46.1 Å². The molecule has 1 saturated heterocycles. The van der Waals surface area contributed by atoms with Crippen LogP contribution in [0.4, 0.5) is 5.69 Å². The number of rotatable bonds is 6. The van der Waals surface area contributed by atoms with E-state index in [0.29, 0.717) is 10.7 Å². The fourth-order valence-corrected chi connectivity index (χ4v) is 5.69. The van der Waals surface area contributed by atoms with E-state index in [1.165, 1.54) is 0 Å². The molecule has 3 amide bonds. The van der Waals surface area contributed by atoms with Gasteiger partial charge < -0.3 is 10.1 Å². The number of nitrogens with zero attached hydrogens (tertiary/aromatic N) is 1. The largest absolute Gasteiger partial charge is 0.454 e. The van der Waals surface area contributed by atoms with Gasteiger partial charge in [-0.15, -0.1) is 0 Å². The van der Waals surface area contributed by atoms with E-state index >= 15 is 0 Å². The van der Waals surface area contributed by atoms with Crippen molar-refractivity contribution >= 4 is 41.0 Å². The maximum absolute atomic E-state index is 13.1. The van der Waals surface area contributed by atoms with E-state index in [2.05, 4.69) is 5.32 Å². The molecule has 0 spiro atoms. The highest BCUT2D eigenvalue weighted by atomic mass is 35.5. The standard InChI is InChI=1S/C23H27ClN2O5/c1-11(2)20(26-21(28)18-13-5-6-14(8-13)19(18)22(26)29)23(30)31-10-17(27)25-16-9-15(24)7-4-12(16)3/h4,7,9,11,13-14,18-20H,5-6,8,10H2,1-3H3,(H,25,27)/t13-,14-,18+,19+,20-/m0/s1. The SMILES string of the molecule is Cc1ccc(Cl)cc1NC(=O)COC(=O)[C@H](C(C)C)N1C(=O)[C@@H]2[C@H]3CC[C@@H](C3)[C@H]2C1=O. The van der Waals surface area contributed by atoms with Gasteiger partial charge in [0.25, 0.3) is 5.91 Å². The van der Waals surface area contributed by atoms with E-state index in [9.17, 15) is 19.2 Å². The molecule has 3 aliphatic rings. The summed E-state index contributed by atoms with van der Waals surface area (Å²) in [4.78, 5) is 52.5. The first kappa shape index (κ1) is 21.8. The zero-order chi connectivity index (χ0) is 22.4. The molecule has 5 atom stereocenters. The van der Waals surface area contributed by atoms with Crippen LogP contribution in [0.5, 0.6) is 0 Å². The number of carbonyl (C=O) groups is 4. The molecule has 0 aromatic heterocycles. The van der Waals surface area contributed by atoms with Gasteiger partial charge in [-0.3, -0.25) is 19.3 Å². The summed E-state index contributed by atoms with van der Waals surface area (Å²) in [5.74, 6) is -2.19. The number of ether oxygens (including phenoxy) is 1. The van der Waals surface area contributed by atoms with E-state index in [0.717, 1.165) is 29.7 Å². The number of amides is 3. The van der Waals surface area contributed by atoms with Crippen molar-refractivity contribution in [1.82, 2.24) is 4.90 Å². The normalized spacial score (nSPS) is 27.6. The highest BCUT2D eigenvalue weighted by molar-refractivity contribution is 6.31. The highest BCUT2D eigenvalue weighted by Crippen LogP contribution is 2.56. The molecule has 2 aliphatic carbocycles. The van der Waals surface area contributed by atoms with Crippen LogP contribution in [-0.4, -0.2) is 41.2 Å². The topological polar surface area (TPSA) is 92.8 Å². The van der Waals surface area contributed by atoms with Crippen LogP contribution in [0.2, 0.25) is 5.02 Å². The Morgan fingerprint density at radius 1 is 1.16 bits per heavy atom. The van der Waals surface area contributed by atoms with Gasteiger partial charge in [0.15, 0.2) is 6.61 Å². The van der Waals surface area contributed by atoms with E-state index < -0.39 is 24.5 Å². The zero-order valence-corrected chi connectivity index (χ0v) is 18.6. The fraction of sp³-hybridized carbons (Fsp3) is 0.565. The predicted molar refractivity (Wildman–Crippen MR) is 114 cm³/mol. The van der Waals surface area contributed by atoms with Crippen LogP contribution in [0.25, 0.3) is 0 Å². The second-order valence-corrected chi connectivity index (χ2v) is 9.67. The van der Waals surface area contributed by atoms with Gasteiger partial charge in [0, 0.05) is 10.7 Å². The molecule has 0 unspecified atom stereocenters. The Morgan fingerprint density at radius 2 is 1.77 bits per heavy atom. The second kappa shape index (κ2) is 8.26. The van der Waals surface area contributed by atoms with Gasteiger partial charge in [-0.1, -0.05) is 31.5 Å². The molecule has 2 bridgehead atoms. The van der Waals surface area contributed by atoms with Crippen LogP contribution < -0.4 is 5.32 Å². The maximum atomic E-state index is 13.1. The molecule has 1 aromatic rings. The van der Waals surface area contributed by atoms with Crippen LogP contribution in [0.1, 0.15) is 38.7 Å². The lowest BCUT2D eigenvalue weighted by atomic mass is 9.81. The average Bonchev–Trinajstić information content (AvgIpc) is 3.39. The molecule has 3 fully saturated rings. The molecular weight excluding hydrogens is 420 g/mol. The summed E-state index contributed by atoms with van der Waals surface area (Å²) < 4.78 is 5.24. The molecule has 7 nitrogen and oxygen atoms in total. The number of hydrogen-bond donors (Lipinski definition) is 1. The van der Waals surface area contributed by atoms with Crippen molar-refractivity contribution in [3.05, 3.63) is 28.8 Å². The molecule has 1 N–H and O–H groups in total. The molecule has 31 heavy (non-hydrogen) atoms. The van der Waals surface area contributed by atoms with Gasteiger partial charge in [-0.25, -0.2) is 4.79 Å². The van der Waals surface area contributed by atoms with Crippen molar-refractivity contribution in [3.8, 4) is 0 Å². The molecule has 1 heterocycles. The molecule has 4 rings (SSSR count). The van der Waals surface area contributed by atoms with Crippen molar-refractivity contribution in [2.75, 3.05) is 11.9 Å². The van der Waals surface area contributed by atoms with Gasteiger partial charge in [-0.2, -0.15) is 0 Å². The number of esters is 1. The minimum Gasteiger partial charge on any atom is -0.454 e. The monoisotopic (exact) mass is 446 g/mol. The van der Waals surface area contributed by atoms with Gasteiger partial charge in [0.2, 0.25) is 11.8 Å². The van der Waals surface area contributed by atoms with E-state index in [4.69, 9.17) is 16.3 Å². The van der Waals surface area contributed by atoms with Crippen molar-refractivity contribution in [2.24, 2.45) is 29.6 Å². The molecule has 2 saturated carbocycles. The van der Waals surface area contributed by atoms with Crippen LogP contribution in [-0.2, 0) is 23.9 Å². The number of anilines is 1. The van der Waals surface area contributed by atoms with Crippen molar-refractivity contribution in [1.29, 1.82) is 0 Å². The van der Waals surface area contributed by atoms with E-state index in [1.54, 1.807) is 32.0 Å². The lowest BCUT2D eigenvalue weighted by Gasteiger charge is -2.28. The summed E-state index contributed by atoms with van der Waals surface area (Å²) in [6, 6.07) is 4.08. The summed E-state index contributed by atoms with van der Waals surface area (Å²) in [7, 11) is 0. The van der Waals surface area contributed by atoms with Crippen molar-refractivity contribution in [3.63, 3.8) is 0 Å². The quantitative estimate of drug-likeness (QED) is 0.535. The number of halogens is 1. The fourth-order valence-electron chi connectivity index (χ4n) is 5.52. The Morgan fingerprint density at radius 3 is 2.35 bits per heavy atom. The Bertz CT molecular complexity index is 918. The first-order valence-corrected chi connectivity index (χ1v) is 11.2. The Labute approximate surface area is 186 Å². The number of fused-ring (bicyclic) bond motifs is 5. The maximum Gasteiger partial charge on any atom is 0.330 e. The molecular formula is C23H27ClN2O5. The molecule has 166 valence electrons. The van der Waals surface area contributed by atoms with E-state index in [1.807, 2.05) is 6.92 Å². The zero-order valence-electron chi connectivity index (χ0n) is 17.9. The third-order valence-corrected chi connectivity index (χ3v) is 7.17. The summed E-state index contributed by atoms with van der Waals surface area (Å²) in [5.41, 5.74) is 1.35. The van der Waals surface area contributed by atoms with Crippen LogP contribution >= 0.6 is 11.6 Å². The highest BCUT2D eigenvalue weighted by Gasteiger charge is 2.62. The molecule has 8 heteroatoms. The number of hydrogen-bond acceptors (Lipinski definition) is 5. The van der Waals surface area contributed by atoms with Crippen LogP contribution in [0, 0.1) is 36.5 Å². The average molecular weight is 447 g/mol. The number of aryl methyl sites for hydroxylation is 1. The third kappa shape index (κ3) is 3.84. The smallest absolute Gasteiger partial charge is 0.330 e.